The van der Waals surface area contributed by atoms with Crippen molar-refractivity contribution in [3.8, 4) is 0 Å². The number of amides is 1. The van der Waals surface area contributed by atoms with E-state index in [0.29, 0.717) is 18.7 Å². The van der Waals surface area contributed by atoms with Gasteiger partial charge < -0.3 is 15.0 Å². The van der Waals surface area contributed by atoms with Gasteiger partial charge in [-0.1, -0.05) is 25.1 Å². The molecule has 0 aromatic heterocycles. The summed E-state index contributed by atoms with van der Waals surface area (Å²) in [6.45, 7) is 5.10. The number of ether oxygens (including phenoxy) is 1. The summed E-state index contributed by atoms with van der Waals surface area (Å²) in [6, 6.07) is 16.5. The van der Waals surface area contributed by atoms with Crippen LogP contribution in [0.1, 0.15) is 30.6 Å². The zero-order valence-corrected chi connectivity index (χ0v) is 14.7. The Labute approximate surface area is 148 Å². The van der Waals surface area contributed by atoms with Crippen LogP contribution in [0.5, 0.6) is 0 Å². The van der Waals surface area contributed by atoms with Gasteiger partial charge in [-0.25, -0.2) is 4.79 Å². The topological polar surface area (TPSA) is 58.6 Å². The quantitative estimate of drug-likeness (QED) is 0.744. The number of para-hydroxylation sites is 1. The van der Waals surface area contributed by atoms with Crippen LogP contribution in [-0.4, -0.2) is 31.6 Å². The Hall–Kier alpha value is -2.82. The van der Waals surface area contributed by atoms with Crippen molar-refractivity contribution >= 4 is 23.3 Å². The van der Waals surface area contributed by atoms with Gasteiger partial charge in [0, 0.05) is 17.9 Å². The highest BCUT2D eigenvalue weighted by molar-refractivity contribution is 5.96. The van der Waals surface area contributed by atoms with E-state index in [4.69, 9.17) is 4.74 Å². The standard InChI is InChI=1S/C20H24N2O3/c1-3-14-25-20(24)16-10-12-17(13-11-16)21-15-19(23)22(4-2)18-8-6-5-7-9-18/h5-13,21H,3-4,14-15H2,1-2H3. The summed E-state index contributed by atoms with van der Waals surface area (Å²) in [5.74, 6) is -0.342. The number of nitrogens with zero attached hydrogens (tertiary/aromatic N) is 1. The number of carbonyl (C=O) groups is 2. The summed E-state index contributed by atoms with van der Waals surface area (Å²) in [5, 5.41) is 3.09. The Kier molecular flexibility index (Phi) is 7.01. The molecule has 0 aliphatic carbocycles. The maximum Gasteiger partial charge on any atom is 0.338 e. The molecule has 0 fully saturated rings. The summed E-state index contributed by atoms with van der Waals surface area (Å²) in [4.78, 5) is 25.9. The lowest BCUT2D eigenvalue weighted by molar-refractivity contribution is -0.116. The third kappa shape index (κ3) is 5.35. The van der Waals surface area contributed by atoms with Crippen molar-refractivity contribution in [1.82, 2.24) is 0 Å². The minimum atomic E-state index is -0.328. The van der Waals surface area contributed by atoms with Gasteiger partial charge in [0.2, 0.25) is 5.91 Å². The van der Waals surface area contributed by atoms with Crippen LogP contribution in [0, 0.1) is 0 Å². The monoisotopic (exact) mass is 340 g/mol. The molecular weight excluding hydrogens is 316 g/mol. The maximum atomic E-state index is 12.4. The highest BCUT2D eigenvalue weighted by atomic mass is 16.5. The van der Waals surface area contributed by atoms with E-state index in [-0.39, 0.29) is 18.4 Å². The first kappa shape index (κ1) is 18.5. The maximum absolute atomic E-state index is 12.4. The van der Waals surface area contributed by atoms with Crippen LogP contribution in [-0.2, 0) is 9.53 Å². The summed E-state index contributed by atoms with van der Waals surface area (Å²) < 4.78 is 5.09. The summed E-state index contributed by atoms with van der Waals surface area (Å²) in [7, 11) is 0. The molecule has 0 radical (unpaired) electrons. The first-order chi connectivity index (χ1) is 12.2. The molecule has 25 heavy (non-hydrogen) atoms. The zero-order chi connectivity index (χ0) is 18.1. The molecule has 2 aromatic rings. The van der Waals surface area contributed by atoms with Crippen LogP contribution in [0.2, 0.25) is 0 Å². The fourth-order valence-electron chi connectivity index (χ4n) is 2.39. The second-order valence-electron chi connectivity index (χ2n) is 5.54. The van der Waals surface area contributed by atoms with E-state index >= 15 is 0 Å². The van der Waals surface area contributed by atoms with E-state index in [9.17, 15) is 9.59 Å². The van der Waals surface area contributed by atoms with Gasteiger partial charge in [0.25, 0.3) is 0 Å². The number of hydrogen-bond acceptors (Lipinski definition) is 4. The second-order valence-corrected chi connectivity index (χ2v) is 5.54. The average Bonchev–Trinajstić information content (AvgIpc) is 2.66. The van der Waals surface area contributed by atoms with Gasteiger partial charge in [0.15, 0.2) is 0 Å². The molecule has 0 heterocycles. The molecule has 0 bridgehead atoms. The van der Waals surface area contributed by atoms with E-state index in [1.807, 2.05) is 44.2 Å². The smallest absolute Gasteiger partial charge is 0.338 e. The third-order valence-corrected chi connectivity index (χ3v) is 3.69. The lowest BCUT2D eigenvalue weighted by Crippen LogP contribution is -2.35. The Morgan fingerprint density at radius 1 is 1.00 bits per heavy atom. The highest BCUT2D eigenvalue weighted by Crippen LogP contribution is 2.14. The number of hydrogen-bond donors (Lipinski definition) is 1. The number of likely N-dealkylation sites (N-methyl/N-ethyl adjacent to an activating group) is 1. The first-order valence-electron chi connectivity index (χ1n) is 8.52. The summed E-state index contributed by atoms with van der Waals surface area (Å²) in [5.41, 5.74) is 2.17. The molecule has 2 aromatic carbocycles. The van der Waals surface area contributed by atoms with Gasteiger partial charge in [-0.3, -0.25) is 4.79 Å². The van der Waals surface area contributed by atoms with E-state index in [1.165, 1.54) is 0 Å². The molecule has 0 aliphatic heterocycles. The summed E-state index contributed by atoms with van der Waals surface area (Å²) in [6.07, 6.45) is 0.794. The first-order valence-corrected chi connectivity index (χ1v) is 8.52. The fraction of sp³-hybridized carbons (Fsp3) is 0.300. The number of benzene rings is 2. The van der Waals surface area contributed by atoms with Crippen LogP contribution in [0.4, 0.5) is 11.4 Å². The molecule has 0 atom stereocenters. The molecule has 5 nitrogen and oxygen atoms in total. The second kappa shape index (κ2) is 9.47. The molecule has 0 unspecified atom stereocenters. The predicted octanol–water partition coefficient (Wildman–Crippen LogP) is 3.72. The molecule has 132 valence electrons. The number of rotatable bonds is 8. The van der Waals surface area contributed by atoms with E-state index < -0.39 is 0 Å². The minimum absolute atomic E-state index is 0.0138. The largest absolute Gasteiger partial charge is 0.462 e. The van der Waals surface area contributed by atoms with Crippen LogP contribution < -0.4 is 10.2 Å². The van der Waals surface area contributed by atoms with Gasteiger partial charge in [-0.05, 0) is 49.7 Å². The van der Waals surface area contributed by atoms with E-state index in [0.717, 1.165) is 17.8 Å². The van der Waals surface area contributed by atoms with Crippen molar-refractivity contribution in [1.29, 1.82) is 0 Å². The van der Waals surface area contributed by atoms with E-state index in [2.05, 4.69) is 5.32 Å². The minimum Gasteiger partial charge on any atom is -0.462 e. The SMILES string of the molecule is CCCOC(=O)c1ccc(NCC(=O)N(CC)c2ccccc2)cc1. The van der Waals surface area contributed by atoms with Crippen LogP contribution in [0.3, 0.4) is 0 Å². The van der Waals surface area contributed by atoms with Crippen LogP contribution >= 0.6 is 0 Å². The average molecular weight is 340 g/mol. The normalized spacial score (nSPS) is 10.2. The van der Waals surface area contributed by atoms with Gasteiger partial charge in [0.1, 0.15) is 0 Å². The third-order valence-electron chi connectivity index (χ3n) is 3.69. The van der Waals surface area contributed by atoms with Crippen molar-refractivity contribution in [2.24, 2.45) is 0 Å². The Bertz CT molecular complexity index is 684. The number of carbonyl (C=O) groups excluding carboxylic acids is 2. The number of esters is 1. The van der Waals surface area contributed by atoms with Crippen LogP contribution in [0.25, 0.3) is 0 Å². The van der Waals surface area contributed by atoms with Crippen molar-refractivity contribution in [3.63, 3.8) is 0 Å². The van der Waals surface area contributed by atoms with Crippen molar-refractivity contribution in [2.45, 2.75) is 20.3 Å². The molecule has 2 rings (SSSR count). The molecule has 0 saturated carbocycles. The molecule has 1 amide bonds. The lowest BCUT2D eigenvalue weighted by Gasteiger charge is -2.21. The van der Waals surface area contributed by atoms with Crippen molar-refractivity contribution < 1.29 is 14.3 Å². The highest BCUT2D eigenvalue weighted by Gasteiger charge is 2.13. The molecule has 0 saturated heterocycles. The molecular formula is C20H24N2O3. The Morgan fingerprint density at radius 2 is 1.68 bits per heavy atom. The predicted molar refractivity (Wildman–Crippen MR) is 100.0 cm³/mol. The van der Waals surface area contributed by atoms with Crippen molar-refractivity contribution in [2.75, 3.05) is 29.9 Å². The Balaban J connectivity index is 1.92. The van der Waals surface area contributed by atoms with Crippen molar-refractivity contribution in [3.05, 3.63) is 60.2 Å². The summed E-state index contributed by atoms with van der Waals surface area (Å²) >= 11 is 0. The van der Waals surface area contributed by atoms with Gasteiger partial charge in [0.05, 0.1) is 18.7 Å². The number of anilines is 2. The molecule has 0 aliphatic rings. The fourth-order valence-corrected chi connectivity index (χ4v) is 2.39. The molecule has 5 heteroatoms. The molecule has 1 N–H and O–H groups in total. The molecule has 0 spiro atoms. The zero-order valence-electron chi connectivity index (χ0n) is 14.7. The lowest BCUT2D eigenvalue weighted by atomic mass is 10.2. The van der Waals surface area contributed by atoms with Gasteiger partial charge in [-0.2, -0.15) is 0 Å². The Morgan fingerprint density at radius 3 is 2.28 bits per heavy atom. The van der Waals surface area contributed by atoms with E-state index in [1.54, 1.807) is 29.2 Å². The van der Waals surface area contributed by atoms with Gasteiger partial charge >= 0.3 is 5.97 Å². The van der Waals surface area contributed by atoms with Crippen LogP contribution in [0.15, 0.2) is 54.6 Å². The van der Waals surface area contributed by atoms with Gasteiger partial charge in [-0.15, -0.1) is 0 Å². The number of nitrogens with one attached hydrogen (secondary N) is 1.